The summed E-state index contributed by atoms with van der Waals surface area (Å²) in [5.41, 5.74) is 0. The quantitative estimate of drug-likeness (QED) is 0.812. The summed E-state index contributed by atoms with van der Waals surface area (Å²) in [4.78, 5) is 28.5. The van der Waals surface area contributed by atoms with Crippen molar-refractivity contribution < 1.29 is 19.4 Å². The van der Waals surface area contributed by atoms with Gasteiger partial charge in [0.2, 0.25) is 5.91 Å². The molecule has 0 aromatic carbocycles. The Morgan fingerprint density at radius 2 is 2.30 bits per heavy atom. The number of amides is 2. The molecule has 0 bridgehead atoms. The topological polar surface area (TPSA) is 91.8 Å². The minimum absolute atomic E-state index is 0.190. The first-order valence-electron chi connectivity index (χ1n) is 5.97. The lowest BCUT2D eigenvalue weighted by Crippen LogP contribution is -2.42. The average molecular weight is 344 g/mol. The monoisotopic (exact) mass is 343 g/mol. The molecule has 1 aromatic rings. The summed E-state index contributed by atoms with van der Waals surface area (Å²) in [5.74, 6) is -0.0341. The molecule has 7 nitrogen and oxygen atoms in total. The van der Waals surface area contributed by atoms with Gasteiger partial charge in [0.1, 0.15) is 16.5 Å². The summed E-state index contributed by atoms with van der Waals surface area (Å²) in [5, 5.41) is 11.7. The molecule has 0 spiro atoms. The van der Waals surface area contributed by atoms with Crippen LogP contribution in [0.15, 0.2) is 22.8 Å². The molecule has 1 saturated heterocycles. The van der Waals surface area contributed by atoms with Crippen LogP contribution in [0.1, 0.15) is 6.42 Å². The normalized spacial score (nSPS) is 21.8. The van der Waals surface area contributed by atoms with Crippen molar-refractivity contribution in [1.29, 1.82) is 0 Å². The molecule has 2 N–H and O–H groups in total. The number of rotatable bonds is 3. The van der Waals surface area contributed by atoms with Crippen LogP contribution in [0.2, 0.25) is 0 Å². The standard InChI is InChI=1S/C12H14BrN3O4/c1-20-7-5-8(16(6-7)12(18)19)11(17)15-10-4-2-3-9(13)14-10/h2-4,7-8H,5-6H2,1H3,(H,18,19)(H,14,15,17). The Morgan fingerprint density at radius 1 is 1.55 bits per heavy atom. The van der Waals surface area contributed by atoms with E-state index in [-0.39, 0.29) is 12.6 Å². The molecular weight excluding hydrogens is 330 g/mol. The van der Waals surface area contributed by atoms with Crippen LogP contribution in [0.25, 0.3) is 0 Å². The van der Waals surface area contributed by atoms with Crippen LogP contribution in [0, 0.1) is 0 Å². The Morgan fingerprint density at radius 3 is 2.90 bits per heavy atom. The maximum absolute atomic E-state index is 12.2. The van der Waals surface area contributed by atoms with Gasteiger partial charge in [-0.1, -0.05) is 6.07 Å². The van der Waals surface area contributed by atoms with Crippen molar-refractivity contribution in [2.24, 2.45) is 0 Å². The number of carbonyl (C=O) groups is 2. The third kappa shape index (κ3) is 3.26. The third-order valence-electron chi connectivity index (χ3n) is 3.11. The zero-order valence-corrected chi connectivity index (χ0v) is 12.3. The molecule has 1 aliphatic heterocycles. The van der Waals surface area contributed by atoms with Gasteiger partial charge in [0.05, 0.1) is 12.6 Å². The highest BCUT2D eigenvalue weighted by molar-refractivity contribution is 9.10. The zero-order chi connectivity index (χ0) is 14.7. The Kier molecular flexibility index (Phi) is 4.56. The van der Waals surface area contributed by atoms with Crippen molar-refractivity contribution >= 4 is 33.7 Å². The minimum atomic E-state index is -1.13. The van der Waals surface area contributed by atoms with Gasteiger partial charge in [-0.15, -0.1) is 0 Å². The van der Waals surface area contributed by atoms with E-state index in [0.717, 1.165) is 4.90 Å². The van der Waals surface area contributed by atoms with E-state index in [2.05, 4.69) is 26.2 Å². The highest BCUT2D eigenvalue weighted by Gasteiger charge is 2.39. The van der Waals surface area contributed by atoms with Gasteiger partial charge in [0.15, 0.2) is 0 Å². The van der Waals surface area contributed by atoms with Crippen LogP contribution in [-0.2, 0) is 9.53 Å². The van der Waals surface area contributed by atoms with Crippen LogP contribution in [0.4, 0.5) is 10.6 Å². The highest BCUT2D eigenvalue weighted by Crippen LogP contribution is 2.21. The molecule has 2 heterocycles. The number of anilines is 1. The van der Waals surface area contributed by atoms with Gasteiger partial charge < -0.3 is 15.2 Å². The summed E-state index contributed by atoms with van der Waals surface area (Å²) in [7, 11) is 1.50. The zero-order valence-electron chi connectivity index (χ0n) is 10.7. The van der Waals surface area contributed by atoms with Crippen molar-refractivity contribution in [1.82, 2.24) is 9.88 Å². The predicted octanol–water partition coefficient (Wildman–Crippen LogP) is 1.55. The smallest absolute Gasteiger partial charge is 0.408 e. The number of hydrogen-bond donors (Lipinski definition) is 2. The van der Waals surface area contributed by atoms with Crippen LogP contribution in [0.3, 0.4) is 0 Å². The molecule has 8 heteroatoms. The molecule has 2 atom stereocenters. The number of carboxylic acid groups (broad SMARTS) is 1. The minimum Gasteiger partial charge on any atom is -0.465 e. The lowest BCUT2D eigenvalue weighted by Gasteiger charge is -2.20. The molecule has 1 aliphatic rings. The van der Waals surface area contributed by atoms with Crippen molar-refractivity contribution in [2.45, 2.75) is 18.6 Å². The number of aromatic nitrogens is 1. The van der Waals surface area contributed by atoms with Gasteiger partial charge in [-0.25, -0.2) is 9.78 Å². The Labute approximate surface area is 124 Å². The first-order valence-corrected chi connectivity index (χ1v) is 6.76. The number of likely N-dealkylation sites (tertiary alicyclic amines) is 1. The average Bonchev–Trinajstić information content (AvgIpc) is 2.83. The predicted molar refractivity (Wildman–Crippen MR) is 74.5 cm³/mol. The number of methoxy groups -OCH3 is 1. The number of nitrogens with zero attached hydrogens (tertiary/aromatic N) is 2. The van der Waals surface area contributed by atoms with Crippen LogP contribution < -0.4 is 5.32 Å². The molecule has 2 unspecified atom stereocenters. The summed E-state index contributed by atoms with van der Waals surface area (Å²) >= 11 is 3.20. The fraction of sp³-hybridized carbons (Fsp3) is 0.417. The van der Waals surface area contributed by atoms with E-state index in [4.69, 9.17) is 9.84 Å². The summed E-state index contributed by atoms with van der Waals surface area (Å²) in [6.45, 7) is 0.190. The number of hydrogen-bond acceptors (Lipinski definition) is 4. The molecule has 0 saturated carbocycles. The fourth-order valence-electron chi connectivity index (χ4n) is 2.12. The Balaban J connectivity index is 2.09. The van der Waals surface area contributed by atoms with Gasteiger partial charge in [-0.3, -0.25) is 9.69 Å². The molecule has 1 fully saturated rings. The molecule has 108 valence electrons. The highest BCUT2D eigenvalue weighted by atomic mass is 79.9. The lowest BCUT2D eigenvalue weighted by atomic mass is 10.2. The summed E-state index contributed by atoms with van der Waals surface area (Å²) in [6.07, 6.45) is -1.06. The third-order valence-corrected chi connectivity index (χ3v) is 3.55. The molecule has 1 aromatic heterocycles. The van der Waals surface area contributed by atoms with Crippen LogP contribution >= 0.6 is 15.9 Å². The molecule has 0 aliphatic carbocycles. The van der Waals surface area contributed by atoms with Crippen molar-refractivity contribution in [3.8, 4) is 0 Å². The number of ether oxygens (including phenoxy) is 1. The fourth-order valence-corrected chi connectivity index (χ4v) is 2.46. The summed E-state index contributed by atoms with van der Waals surface area (Å²) in [6, 6.07) is 4.33. The van der Waals surface area contributed by atoms with Gasteiger partial charge in [-0.05, 0) is 28.1 Å². The maximum atomic E-state index is 12.2. The SMILES string of the molecule is COC1CC(C(=O)Nc2cccc(Br)n2)N(C(=O)O)C1. The largest absolute Gasteiger partial charge is 0.465 e. The molecule has 20 heavy (non-hydrogen) atoms. The number of carbonyl (C=O) groups excluding carboxylic acids is 1. The number of pyridine rings is 1. The van der Waals surface area contributed by atoms with E-state index < -0.39 is 18.0 Å². The molecule has 2 rings (SSSR count). The van der Waals surface area contributed by atoms with E-state index in [0.29, 0.717) is 16.8 Å². The Bertz CT molecular complexity index is 525. The molecule has 2 amide bonds. The van der Waals surface area contributed by atoms with E-state index in [1.165, 1.54) is 7.11 Å². The Hall–Kier alpha value is -1.67. The second-order valence-corrected chi connectivity index (χ2v) is 5.19. The molecule has 0 radical (unpaired) electrons. The van der Waals surface area contributed by atoms with E-state index in [1.807, 2.05) is 0 Å². The second-order valence-electron chi connectivity index (χ2n) is 4.38. The maximum Gasteiger partial charge on any atom is 0.408 e. The number of halogens is 1. The van der Waals surface area contributed by atoms with Gasteiger partial charge in [0.25, 0.3) is 0 Å². The second kappa shape index (κ2) is 6.19. The van der Waals surface area contributed by atoms with Gasteiger partial charge >= 0.3 is 6.09 Å². The van der Waals surface area contributed by atoms with E-state index >= 15 is 0 Å². The first kappa shape index (κ1) is 14.7. The molecular formula is C12H14BrN3O4. The van der Waals surface area contributed by atoms with E-state index in [1.54, 1.807) is 18.2 Å². The van der Waals surface area contributed by atoms with Crippen molar-refractivity contribution in [3.05, 3.63) is 22.8 Å². The van der Waals surface area contributed by atoms with Crippen LogP contribution in [-0.4, -0.2) is 52.8 Å². The first-order chi connectivity index (χ1) is 9.51. The summed E-state index contributed by atoms with van der Waals surface area (Å²) < 4.78 is 5.72. The lowest BCUT2D eigenvalue weighted by molar-refractivity contribution is -0.120. The number of nitrogens with one attached hydrogen (secondary N) is 1. The van der Waals surface area contributed by atoms with Crippen LogP contribution in [0.5, 0.6) is 0 Å². The van der Waals surface area contributed by atoms with Gasteiger partial charge in [0, 0.05) is 13.5 Å². The van der Waals surface area contributed by atoms with Gasteiger partial charge in [-0.2, -0.15) is 0 Å². The van der Waals surface area contributed by atoms with Crippen molar-refractivity contribution in [2.75, 3.05) is 19.0 Å². The van der Waals surface area contributed by atoms with Crippen molar-refractivity contribution in [3.63, 3.8) is 0 Å². The van der Waals surface area contributed by atoms with E-state index in [9.17, 15) is 9.59 Å².